The summed E-state index contributed by atoms with van der Waals surface area (Å²) >= 11 is 0. The van der Waals surface area contributed by atoms with E-state index in [1.165, 1.54) is 0 Å². The Balaban J connectivity index is 1.63. The zero-order valence-electron chi connectivity index (χ0n) is 16.7. The molecular formula is C21H27N7O2. The number of hydrogen-bond donors (Lipinski definition) is 5. The molecule has 0 unspecified atom stereocenters. The first-order chi connectivity index (χ1) is 14.7. The van der Waals surface area contributed by atoms with Gasteiger partial charge in [0.05, 0.1) is 13.2 Å². The van der Waals surface area contributed by atoms with E-state index in [1.54, 1.807) is 12.1 Å². The van der Waals surface area contributed by atoms with E-state index < -0.39 is 0 Å². The molecule has 0 spiro atoms. The smallest absolute Gasteiger partial charge is 0.233 e. The van der Waals surface area contributed by atoms with E-state index in [0.717, 1.165) is 17.7 Å². The van der Waals surface area contributed by atoms with Crippen molar-refractivity contribution in [2.45, 2.75) is 6.42 Å². The van der Waals surface area contributed by atoms with Gasteiger partial charge < -0.3 is 31.5 Å². The third kappa shape index (κ3) is 7.19. The zero-order valence-corrected chi connectivity index (χ0v) is 16.7. The Kier molecular flexibility index (Phi) is 8.19. The maximum atomic E-state index is 9.39. The van der Waals surface area contributed by atoms with Crippen LogP contribution in [0.25, 0.3) is 0 Å². The highest BCUT2D eigenvalue weighted by atomic mass is 16.5. The van der Waals surface area contributed by atoms with E-state index in [4.69, 9.17) is 10.5 Å². The quantitative estimate of drug-likeness (QED) is 0.286. The first-order valence-electron chi connectivity index (χ1n) is 9.84. The topological polar surface area (TPSA) is 130 Å². The van der Waals surface area contributed by atoms with Gasteiger partial charge in [0.2, 0.25) is 17.8 Å². The molecule has 0 aliphatic rings. The van der Waals surface area contributed by atoms with Crippen molar-refractivity contribution in [3.63, 3.8) is 0 Å². The summed E-state index contributed by atoms with van der Waals surface area (Å²) in [5.74, 6) is 1.61. The van der Waals surface area contributed by atoms with Crippen molar-refractivity contribution < 1.29 is 9.84 Å². The van der Waals surface area contributed by atoms with Gasteiger partial charge >= 0.3 is 0 Å². The molecule has 0 aliphatic heterocycles. The molecule has 0 saturated heterocycles. The molecule has 6 N–H and O–H groups in total. The molecule has 0 atom stereocenters. The Bertz CT molecular complexity index is 892. The number of anilines is 4. The normalized spacial score (nSPS) is 10.6. The Labute approximate surface area is 175 Å². The second kappa shape index (κ2) is 11.5. The molecule has 0 fully saturated rings. The summed E-state index contributed by atoms with van der Waals surface area (Å²) in [6.45, 7) is 2.71. The second-order valence-electron chi connectivity index (χ2n) is 6.47. The summed E-state index contributed by atoms with van der Waals surface area (Å²) < 4.78 is 5.38. The van der Waals surface area contributed by atoms with E-state index in [-0.39, 0.29) is 5.75 Å². The number of ether oxygens (including phenoxy) is 1. The molecule has 0 radical (unpaired) electrons. The largest absolute Gasteiger partial charge is 0.508 e. The summed E-state index contributed by atoms with van der Waals surface area (Å²) in [7, 11) is 0. The predicted molar refractivity (Wildman–Crippen MR) is 118 cm³/mol. The predicted octanol–water partition coefficient (Wildman–Crippen LogP) is 2.36. The fraction of sp³-hybridized carbons (Fsp3) is 0.286. The third-order valence-electron chi connectivity index (χ3n) is 4.09. The van der Waals surface area contributed by atoms with Crippen LogP contribution in [0.3, 0.4) is 0 Å². The van der Waals surface area contributed by atoms with Crippen molar-refractivity contribution in [2.24, 2.45) is 5.73 Å². The third-order valence-corrected chi connectivity index (χ3v) is 4.09. The fourth-order valence-corrected chi connectivity index (χ4v) is 2.64. The highest BCUT2D eigenvalue weighted by molar-refractivity contribution is 5.55. The van der Waals surface area contributed by atoms with Crippen LogP contribution in [0.5, 0.6) is 5.75 Å². The number of para-hydroxylation sites is 1. The van der Waals surface area contributed by atoms with Crippen molar-refractivity contribution >= 4 is 23.5 Å². The van der Waals surface area contributed by atoms with Crippen LogP contribution in [-0.4, -0.2) is 52.9 Å². The Morgan fingerprint density at radius 3 is 2.17 bits per heavy atom. The van der Waals surface area contributed by atoms with Crippen LogP contribution in [0.4, 0.5) is 23.5 Å². The van der Waals surface area contributed by atoms with Crippen LogP contribution in [-0.2, 0) is 11.2 Å². The van der Waals surface area contributed by atoms with Gasteiger partial charge in [-0.3, -0.25) is 0 Å². The lowest BCUT2D eigenvalue weighted by atomic mass is 10.1. The fourth-order valence-electron chi connectivity index (χ4n) is 2.64. The molecule has 1 heterocycles. The lowest BCUT2D eigenvalue weighted by molar-refractivity contribution is 0.151. The Morgan fingerprint density at radius 2 is 1.47 bits per heavy atom. The van der Waals surface area contributed by atoms with Crippen LogP contribution < -0.4 is 21.7 Å². The van der Waals surface area contributed by atoms with E-state index >= 15 is 0 Å². The van der Waals surface area contributed by atoms with Gasteiger partial charge in [-0.15, -0.1) is 0 Å². The maximum absolute atomic E-state index is 9.39. The number of nitrogens with two attached hydrogens (primary N) is 1. The van der Waals surface area contributed by atoms with Crippen molar-refractivity contribution in [1.82, 2.24) is 15.0 Å². The van der Waals surface area contributed by atoms with E-state index in [2.05, 4.69) is 30.9 Å². The summed E-state index contributed by atoms with van der Waals surface area (Å²) in [5.41, 5.74) is 7.41. The molecule has 0 bridgehead atoms. The molecule has 0 aliphatic carbocycles. The minimum absolute atomic E-state index is 0.256. The number of rotatable bonds is 12. The molecule has 30 heavy (non-hydrogen) atoms. The number of aromatic hydroxyl groups is 1. The van der Waals surface area contributed by atoms with Gasteiger partial charge in [-0.05, 0) is 36.2 Å². The maximum Gasteiger partial charge on any atom is 0.233 e. The second-order valence-corrected chi connectivity index (χ2v) is 6.47. The standard InChI is InChI=1S/C21H27N7O2/c22-11-14-30-15-13-24-20-26-19(23-12-10-16-6-8-18(29)9-7-16)27-21(28-20)25-17-4-2-1-3-5-17/h1-9,29H,10-15,22H2,(H3,23,24,25,26,27,28). The van der Waals surface area contributed by atoms with Crippen molar-refractivity contribution in [2.75, 3.05) is 48.8 Å². The minimum atomic E-state index is 0.256. The summed E-state index contributed by atoms with van der Waals surface area (Å²) in [6, 6.07) is 16.8. The van der Waals surface area contributed by atoms with Crippen LogP contribution in [0.1, 0.15) is 5.56 Å². The van der Waals surface area contributed by atoms with E-state index in [9.17, 15) is 5.11 Å². The van der Waals surface area contributed by atoms with Crippen LogP contribution in [0.2, 0.25) is 0 Å². The molecule has 1 aromatic heterocycles. The minimum Gasteiger partial charge on any atom is -0.508 e. The van der Waals surface area contributed by atoms with Gasteiger partial charge in [0.25, 0.3) is 0 Å². The first-order valence-corrected chi connectivity index (χ1v) is 9.84. The summed E-state index contributed by atoms with van der Waals surface area (Å²) in [4.78, 5) is 13.3. The molecule has 0 amide bonds. The van der Waals surface area contributed by atoms with Crippen molar-refractivity contribution in [3.8, 4) is 5.75 Å². The first kappa shape index (κ1) is 21.3. The van der Waals surface area contributed by atoms with Gasteiger partial charge in [-0.1, -0.05) is 30.3 Å². The number of nitrogens with zero attached hydrogens (tertiary/aromatic N) is 3. The van der Waals surface area contributed by atoms with Crippen molar-refractivity contribution in [1.29, 1.82) is 0 Å². The van der Waals surface area contributed by atoms with Crippen LogP contribution in [0.15, 0.2) is 54.6 Å². The van der Waals surface area contributed by atoms with Gasteiger partial charge in [0.1, 0.15) is 5.75 Å². The molecule has 3 aromatic rings. The lowest BCUT2D eigenvalue weighted by Gasteiger charge is -2.11. The molecule has 9 nitrogen and oxygen atoms in total. The molecular weight excluding hydrogens is 382 g/mol. The van der Waals surface area contributed by atoms with E-state index in [1.807, 2.05) is 42.5 Å². The molecule has 0 saturated carbocycles. The van der Waals surface area contributed by atoms with Crippen molar-refractivity contribution in [3.05, 3.63) is 60.2 Å². The number of hydrogen-bond acceptors (Lipinski definition) is 9. The Hall–Kier alpha value is -3.43. The number of nitrogens with one attached hydrogen (secondary N) is 3. The SMILES string of the molecule is NCCOCCNc1nc(NCCc2ccc(O)cc2)nc(Nc2ccccc2)n1. The number of aromatic nitrogens is 3. The summed E-state index contributed by atoms with van der Waals surface area (Å²) in [5, 5.41) is 19.0. The Morgan fingerprint density at radius 1 is 0.800 bits per heavy atom. The van der Waals surface area contributed by atoms with Crippen LogP contribution >= 0.6 is 0 Å². The van der Waals surface area contributed by atoms with Gasteiger partial charge in [-0.2, -0.15) is 15.0 Å². The van der Waals surface area contributed by atoms with Gasteiger partial charge in [-0.25, -0.2) is 0 Å². The number of phenolic OH excluding ortho intramolecular Hbond substituents is 1. The molecule has 3 rings (SSSR count). The van der Waals surface area contributed by atoms with Gasteiger partial charge in [0.15, 0.2) is 0 Å². The highest BCUT2D eigenvalue weighted by Crippen LogP contribution is 2.16. The zero-order chi connectivity index (χ0) is 21.0. The van der Waals surface area contributed by atoms with E-state index in [0.29, 0.717) is 50.7 Å². The molecule has 2 aromatic carbocycles. The monoisotopic (exact) mass is 409 g/mol. The average Bonchev–Trinajstić information content (AvgIpc) is 2.76. The lowest BCUT2D eigenvalue weighted by Crippen LogP contribution is -2.17. The number of phenols is 1. The summed E-state index contributed by atoms with van der Waals surface area (Å²) in [6.07, 6.45) is 0.767. The van der Waals surface area contributed by atoms with Crippen LogP contribution in [0, 0.1) is 0 Å². The molecule has 9 heteroatoms. The average molecular weight is 409 g/mol. The highest BCUT2D eigenvalue weighted by Gasteiger charge is 2.07. The van der Waals surface area contributed by atoms with Gasteiger partial charge in [0, 0.05) is 25.3 Å². The molecule has 158 valence electrons. The number of benzene rings is 2.